The molecule has 13 heteroatoms. The standard InChI is InChI=1S/C21H18F3N5O4S/c22-21(23,24)14-10-12(18(31)32)2-3-15(14)27-17(30)16-11-34-20(28-16)29-8-4-13(5-9-29)33-19-25-6-1-7-26-19/h1-3,6-7,10-11,13H,4-5,8-9H2,(H,27,30)(H,31,32). The first-order valence-corrected chi connectivity index (χ1v) is 11.0. The van der Waals surface area contributed by atoms with E-state index in [1.807, 2.05) is 4.90 Å². The Morgan fingerprint density at radius 2 is 1.88 bits per heavy atom. The summed E-state index contributed by atoms with van der Waals surface area (Å²) in [7, 11) is 0. The maximum Gasteiger partial charge on any atom is 0.418 e. The number of alkyl halides is 3. The van der Waals surface area contributed by atoms with Crippen LogP contribution in [0, 0.1) is 0 Å². The predicted octanol–water partition coefficient (Wildman–Crippen LogP) is 3.95. The highest BCUT2D eigenvalue weighted by atomic mass is 32.1. The molecule has 0 radical (unpaired) electrons. The van der Waals surface area contributed by atoms with Gasteiger partial charge in [0.15, 0.2) is 5.13 Å². The number of halogens is 3. The molecule has 0 bridgehead atoms. The van der Waals surface area contributed by atoms with E-state index in [1.54, 1.807) is 18.5 Å². The Labute approximate surface area is 195 Å². The quantitative estimate of drug-likeness (QED) is 0.530. The zero-order valence-electron chi connectivity index (χ0n) is 17.5. The molecule has 0 saturated carbocycles. The van der Waals surface area contributed by atoms with Gasteiger partial charge in [0.2, 0.25) is 0 Å². The van der Waals surface area contributed by atoms with Crippen LogP contribution >= 0.6 is 11.3 Å². The average molecular weight is 493 g/mol. The molecule has 2 N–H and O–H groups in total. The van der Waals surface area contributed by atoms with E-state index >= 15 is 0 Å². The first-order valence-electron chi connectivity index (χ1n) is 10.1. The van der Waals surface area contributed by atoms with E-state index in [4.69, 9.17) is 9.84 Å². The van der Waals surface area contributed by atoms with Crippen LogP contribution in [0.4, 0.5) is 24.0 Å². The summed E-state index contributed by atoms with van der Waals surface area (Å²) in [5.74, 6) is -2.33. The molecule has 0 unspecified atom stereocenters. The van der Waals surface area contributed by atoms with Crippen molar-refractivity contribution >= 4 is 34.0 Å². The molecule has 1 aliphatic heterocycles. The summed E-state index contributed by atoms with van der Waals surface area (Å²) in [4.78, 5) is 37.9. The van der Waals surface area contributed by atoms with Gasteiger partial charge in [-0.1, -0.05) is 0 Å². The molecule has 0 aliphatic carbocycles. The Morgan fingerprint density at radius 3 is 2.53 bits per heavy atom. The molecular formula is C21H18F3N5O4S. The van der Waals surface area contributed by atoms with E-state index in [9.17, 15) is 22.8 Å². The van der Waals surface area contributed by atoms with Crippen molar-refractivity contribution in [1.29, 1.82) is 0 Å². The lowest BCUT2D eigenvalue weighted by Crippen LogP contribution is -2.38. The number of hydrogen-bond acceptors (Lipinski definition) is 8. The van der Waals surface area contributed by atoms with Crippen LogP contribution in [0.2, 0.25) is 0 Å². The molecule has 1 saturated heterocycles. The second-order valence-corrected chi connectivity index (χ2v) is 8.20. The lowest BCUT2D eigenvalue weighted by Gasteiger charge is -2.31. The van der Waals surface area contributed by atoms with Crippen molar-refractivity contribution in [2.75, 3.05) is 23.3 Å². The number of anilines is 2. The van der Waals surface area contributed by atoms with Crippen LogP contribution in [-0.4, -0.2) is 51.1 Å². The van der Waals surface area contributed by atoms with Gasteiger partial charge in [-0.2, -0.15) is 13.2 Å². The van der Waals surface area contributed by atoms with E-state index in [2.05, 4.69) is 20.3 Å². The van der Waals surface area contributed by atoms with Crippen LogP contribution in [0.15, 0.2) is 42.0 Å². The van der Waals surface area contributed by atoms with Crippen LogP contribution < -0.4 is 15.0 Å². The van der Waals surface area contributed by atoms with Gasteiger partial charge in [0, 0.05) is 43.7 Å². The largest absolute Gasteiger partial charge is 0.478 e. The molecule has 34 heavy (non-hydrogen) atoms. The van der Waals surface area contributed by atoms with Crippen molar-refractivity contribution in [1.82, 2.24) is 15.0 Å². The minimum Gasteiger partial charge on any atom is -0.478 e. The SMILES string of the molecule is O=C(O)c1ccc(NC(=O)c2csc(N3CCC(Oc4ncccn4)CC3)n2)c(C(F)(F)F)c1. The van der Waals surface area contributed by atoms with Crippen molar-refractivity contribution in [3.63, 3.8) is 0 Å². The Morgan fingerprint density at radius 1 is 1.18 bits per heavy atom. The molecule has 1 aromatic carbocycles. The number of aromatic carboxylic acids is 1. The molecule has 1 aliphatic rings. The molecule has 9 nitrogen and oxygen atoms in total. The highest BCUT2D eigenvalue weighted by Crippen LogP contribution is 2.36. The minimum absolute atomic E-state index is 0.0357. The zero-order chi connectivity index (χ0) is 24.3. The van der Waals surface area contributed by atoms with Gasteiger partial charge in [-0.15, -0.1) is 11.3 Å². The second kappa shape index (κ2) is 9.63. The van der Waals surface area contributed by atoms with Gasteiger partial charge in [-0.3, -0.25) is 4.79 Å². The molecular weight excluding hydrogens is 475 g/mol. The van der Waals surface area contributed by atoms with Gasteiger partial charge < -0.3 is 20.1 Å². The maximum atomic E-state index is 13.4. The number of aromatic nitrogens is 3. The topological polar surface area (TPSA) is 118 Å². The molecule has 0 atom stereocenters. The number of hydrogen-bond donors (Lipinski definition) is 2. The highest BCUT2D eigenvalue weighted by Gasteiger charge is 2.35. The number of nitrogens with one attached hydrogen (secondary N) is 1. The average Bonchev–Trinajstić information content (AvgIpc) is 3.30. The molecule has 3 aromatic rings. The van der Waals surface area contributed by atoms with E-state index in [0.717, 1.165) is 12.1 Å². The molecule has 178 valence electrons. The third-order valence-corrected chi connectivity index (χ3v) is 5.97. The number of nitrogens with zero attached hydrogens (tertiary/aromatic N) is 4. The second-order valence-electron chi connectivity index (χ2n) is 7.37. The van der Waals surface area contributed by atoms with Gasteiger partial charge in [-0.05, 0) is 24.3 Å². The first-order chi connectivity index (χ1) is 16.2. The summed E-state index contributed by atoms with van der Waals surface area (Å²) in [6, 6.07) is 4.40. The Hall–Kier alpha value is -3.74. The van der Waals surface area contributed by atoms with Crippen molar-refractivity contribution < 1.29 is 32.6 Å². The number of ether oxygens (including phenoxy) is 1. The third-order valence-electron chi connectivity index (χ3n) is 5.07. The third kappa shape index (κ3) is 5.42. The fourth-order valence-corrected chi connectivity index (χ4v) is 4.24. The number of benzene rings is 1. The van der Waals surface area contributed by atoms with E-state index in [-0.39, 0.29) is 11.8 Å². The summed E-state index contributed by atoms with van der Waals surface area (Å²) in [5.41, 5.74) is -2.36. The number of carboxylic acids is 1. The molecule has 1 fully saturated rings. The normalized spacial score (nSPS) is 14.6. The number of amides is 1. The minimum atomic E-state index is -4.85. The zero-order valence-corrected chi connectivity index (χ0v) is 18.3. The van der Waals surface area contributed by atoms with Crippen molar-refractivity contribution in [3.05, 3.63) is 58.9 Å². The van der Waals surface area contributed by atoms with Crippen molar-refractivity contribution in [3.8, 4) is 6.01 Å². The summed E-state index contributed by atoms with van der Waals surface area (Å²) < 4.78 is 45.9. The summed E-state index contributed by atoms with van der Waals surface area (Å²) in [6.45, 7) is 1.22. The van der Waals surface area contributed by atoms with Crippen LogP contribution in [0.1, 0.15) is 39.3 Å². The van der Waals surface area contributed by atoms with Gasteiger partial charge in [-0.25, -0.2) is 19.7 Å². The van der Waals surface area contributed by atoms with Gasteiger partial charge >= 0.3 is 18.2 Å². The van der Waals surface area contributed by atoms with Crippen LogP contribution in [-0.2, 0) is 6.18 Å². The van der Waals surface area contributed by atoms with Gasteiger partial charge in [0.1, 0.15) is 11.8 Å². The Kier molecular flexibility index (Phi) is 6.63. The van der Waals surface area contributed by atoms with Crippen molar-refractivity contribution in [2.24, 2.45) is 0 Å². The smallest absolute Gasteiger partial charge is 0.418 e. The number of carbonyl (C=O) groups is 2. The molecule has 4 rings (SSSR count). The summed E-state index contributed by atoms with van der Waals surface area (Å²) in [6.07, 6.45) is -0.348. The van der Waals surface area contributed by atoms with E-state index < -0.39 is 34.9 Å². The maximum absolute atomic E-state index is 13.4. The van der Waals surface area contributed by atoms with Gasteiger partial charge in [0.25, 0.3) is 5.91 Å². The van der Waals surface area contributed by atoms with Crippen LogP contribution in [0.5, 0.6) is 6.01 Å². The predicted molar refractivity (Wildman–Crippen MR) is 116 cm³/mol. The molecule has 2 aromatic heterocycles. The summed E-state index contributed by atoms with van der Waals surface area (Å²) >= 11 is 1.20. The van der Waals surface area contributed by atoms with Crippen molar-refractivity contribution in [2.45, 2.75) is 25.1 Å². The number of thiazole rings is 1. The van der Waals surface area contributed by atoms with Crippen LogP contribution in [0.3, 0.4) is 0 Å². The summed E-state index contributed by atoms with van der Waals surface area (Å²) in [5, 5.41) is 13.2. The lowest BCUT2D eigenvalue weighted by atomic mass is 10.1. The van der Waals surface area contributed by atoms with Gasteiger partial charge in [0.05, 0.1) is 16.8 Å². The van der Waals surface area contributed by atoms with E-state index in [1.165, 1.54) is 16.7 Å². The highest BCUT2D eigenvalue weighted by molar-refractivity contribution is 7.14. The molecule has 3 heterocycles. The number of carboxylic acid groups (broad SMARTS) is 1. The van der Waals surface area contributed by atoms with Crippen LogP contribution in [0.25, 0.3) is 0 Å². The fourth-order valence-electron chi connectivity index (χ4n) is 3.38. The number of piperidine rings is 1. The Balaban J connectivity index is 1.40. The lowest BCUT2D eigenvalue weighted by molar-refractivity contribution is -0.136. The first kappa shape index (κ1) is 23.4. The monoisotopic (exact) mass is 493 g/mol. The number of carbonyl (C=O) groups excluding carboxylic acids is 1. The Bertz CT molecular complexity index is 1180. The molecule has 1 amide bonds. The molecule has 0 spiro atoms. The number of rotatable bonds is 6. The van der Waals surface area contributed by atoms with E-state index in [0.29, 0.717) is 43.1 Å². The fraction of sp³-hybridized carbons (Fsp3) is 0.286.